The van der Waals surface area contributed by atoms with Crippen molar-refractivity contribution in [2.24, 2.45) is 5.92 Å². The molecule has 4 heterocycles. The Labute approximate surface area is 147 Å². The topological polar surface area (TPSA) is 56.7 Å². The van der Waals surface area contributed by atoms with Gasteiger partial charge in [-0.1, -0.05) is 30.3 Å². The van der Waals surface area contributed by atoms with E-state index in [2.05, 4.69) is 45.1 Å². The van der Waals surface area contributed by atoms with Crippen LogP contribution in [0.1, 0.15) is 28.8 Å². The summed E-state index contributed by atoms with van der Waals surface area (Å²) in [5, 5.41) is 9.04. The SMILES string of the molecule is O=C(O)c1ccc(N2C[C@@H]3CC[C@H](C2)N(Cc2ccccc2)C3)nc1. The van der Waals surface area contributed by atoms with E-state index in [4.69, 9.17) is 5.11 Å². The standard InChI is InChI=1S/C20H23N3O2/c24-20(25)17-7-9-19(21-10-17)23-13-16-6-8-18(14-23)22(12-16)11-15-4-2-1-3-5-15/h1-5,7,9-10,16,18H,6,8,11-14H2,(H,24,25)/t16-,18-/m1/s1. The summed E-state index contributed by atoms with van der Waals surface area (Å²) in [5.74, 6) is 0.607. The number of anilines is 1. The maximum atomic E-state index is 11.0. The van der Waals surface area contributed by atoms with Crippen LogP contribution in [0.5, 0.6) is 0 Å². The Kier molecular flexibility index (Phi) is 4.40. The molecular weight excluding hydrogens is 314 g/mol. The number of aromatic nitrogens is 1. The van der Waals surface area contributed by atoms with Gasteiger partial charge in [0.25, 0.3) is 0 Å². The zero-order valence-corrected chi connectivity index (χ0v) is 14.2. The zero-order valence-electron chi connectivity index (χ0n) is 14.2. The molecule has 0 spiro atoms. The minimum atomic E-state index is -0.927. The monoisotopic (exact) mass is 337 g/mol. The van der Waals surface area contributed by atoms with E-state index in [1.54, 1.807) is 6.07 Å². The summed E-state index contributed by atoms with van der Waals surface area (Å²) in [5.41, 5.74) is 1.61. The zero-order chi connectivity index (χ0) is 17.2. The highest BCUT2D eigenvalue weighted by atomic mass is 16.4. The second kappa shape index (κ2) is 6.84. The normalized spacial score (nSPS) is 23.4. The van der Waals surface area contributed by atoms with Gasteiger partial charge < -0.3 is 10.0 Å². The third kappa shape index (κ3) is 3.51. The molecule has 3 aliphatic rings. The van der Waals surface area contributed by atoms with E-state index in [-0.39, 0.29) is 5.56 Å². The van der Waals surface area contributed by atoms with Crippen molar-refractivity contribution in [2.75, 3.05) is 24.5 Å². The van der Waals surface area contributed by atoms with Crippen molar-refractivity contribution < 1.29 is 9.90 Å². The maximum absolute atomic E-state index is 11.0. The van der Waals surface area contributed by atoms with Gasteiger partial charge in [-0.15, -0.1) is 0 Å². The van der Waals surface area contributed by atoms with Gasteiger partial charge in [0.05, 0.1) is 5.56 Å². The molecule has 2 aromatic rings. The number of nitrogens with zero attached hydrogens (tertiary/aromatic N) is 3. The molecule has 0 aliphatic carbocycles. The highest BCUT2D eigenvalue weighted by Gasteiger charge is 2.35. The maximum Gasteiger partial charge on any atom is 0.337 e. The van der Waals surface area contributed by atoms with E-state index < -0.39 is 5.97 Å². The highest BCUT2D eigenvalue weighted by Crippen LogP contribution is 2.31. The molecule has 5 nitrogen and oxygen atoms in total. The number of benzene rings is 1. The second-order valence-electron chi connectivity index (χ2n) is 7.13. The Balaban J connectivity index is 1.50. The molecule has 2 atom stereocenters. The summed E-state index contributed by atoms with van der Waals surface area (Å²) in [6, 6.07) is 14.7. The van der Waals surface area contributed by atoms with E-state index in [1.165, 1.54) is 24.6 Å². The fourth-order valence-electron chi connectivity index (χ4n) is 4.08. The molecule has 0 saturated carbocycles. The quantitative estimate of drug-likeness (QED) is 0.930. The number of carboxylic acids is 1. The van der Waals surface area contributed by atoms with E-state index in [0.29, 0.717) is 12.0 Å². The van der Waals surface area contributed by atoms with Crippen LogP contribution in [0, 0.1) is 5.92 Å². The molecule has 5 rings (SSSR count). The smallest absolute Gasteiger partial charge is 0.337 e. The molecule has 1 aromatic carbocycles. The van der Waals surface area contributed by atoms with Crippen LogP contribution in [-0.2, 0) is 6.54 Å². The van der Waals surface area contributed by atoms with Crippen molar-refractivity contribution in [3.8, 4) is 0 Å². The summed E-state index contributed by atoms with van der Waals surface area (Å²) in [6.45, 7) is 4.09. The number of hydrogen-bond donors (Lipinski definition) is 1. The first-order chi connectivity index (χ1) is 12.2. The molecule has 130 valence electrons. The fraction of sp³-hybridized carbons (Fsp3) is 0.400. The highest BCUT2D eigenvalue weighted by molar-refractivity contribution is 5.87. The van der Waals surface area contributed by atoms with Gasteiger partial charge in [0.15, 0.2) is 0 Å². The lowest BCUT2D eigenvalue weighted by Crippen LogP contribution is -2.43. The van der Waals surface area contributed by atoms with Gasteiger partial charge >= 0.3 is 5.97 Å². The molecule has 3 aliphatic heterocycles. The van der Waals surface area contributed by atoms with Gasteiger partial charge in [0, 0.05) is 38.4 Å². The number of rotatable bonds is 4. The Bertz CT molecular complexity index is 732. The molecular formula is C20H23N3O2. The predicted octanol–water partition coefficient (Wildman–Crippen LogP) is 2.88. The molecule has 2 bridgehead atoms. The Hall–Kier alpha value is -2.40. The van der Waals surface area contributed by atoms with Crippen molar-refractivity contribution in [3.05, 3.63) is 59.8 Å². The predicted molar refractivity (Wildman–Crippen MR) is 96.8 cm³/mol. The summed E-state index contributed by atoms with van der Waals surface area (Å²) in [4.78, 5) is 20.4. The number of hydrogen-bond acceptors (Lipinski definition) is 4. The third-order valence-electron chi connectivity index (χ3n) is 5.37. The van der Waals surface area contributed by atoms with Crippen molar-refractivity contribution in [1.29, 1.82) is 0 Å². The number of fused-ring (bicyclic) bond motifs is 4. The lowest BCUT2D eigenvalue weighted by molar-refractivity contribution is 0.0696. The number of aromatic carboxylic acids is 1. The molecule has 0 radical (unpaired) electrons. The van der Waals surface area contributed by atoms with Crippen LogP contribution < -0.4 is 4.90 Å². The number of carboxylic acid groups (broad SMARTS) is 1. The van der Waals surface area contributed by atoms with Crippen LogP contribution in [-0.4, -0.2) is 46.6 Å². The molecule has 0 unspecified atom stereocenters. The van der Waals surface area contributed by atoms with Crippen LogP contribution >= 0.6 is 0 Å². The van der Waals surface area contributed by atoms with Crippen molar-refractivity contribution in [3.63, 3.8) is 0 Å². The summed E-state index contributed by atoms with van der Waals surface area (Å²) in [6.07, 6.45) is 3.95. The van der Waals surface area contributed by atoms with Crippen molar-refractivity contribution >= 4 is 11.8 Å². The van der Waals surface area contributed by atoms with E-state index in [0.717, 1.165) is 32.0 Å². The van der Waals surface area contributed by atoms with Crippen molar-refractivity contribution in [1.82, 2.24) is 9.88 Å². The van der Waals surface area contributed by atoms with Gasteiger partial charge in [-0.2, -0.15) is 0 Å². The molecule has 25 heavy (non-hydrogen) atoms. The van der Waals surface area contributed by atoms with E-state index in [9.17, 15) is 4.79 Å². The van der Waals surface area contributed by atoms with Gasteiger partial charge in [0.1, 0.15) is 5.82 Å². The molecule has 3 fully saturated rings. The van der Waals surface area contributed by atoms with Gasteiger partial charge in [-0.3, -0.25) is 4.90 Å². The van der Waals surface area contributed by atoms with Gasteiger partial charge in [0.2, 0.25) is 0 Å². The molecule has 3 saturated heterocycles. The average molecular weight is 337 g/mol. The largest absolute Gasteiger partial charge is 0.478 e. The second-order valence-corrected chi connectivity index (χ2v) is 7.13. The number of pyridine rings is 1. The summed E-state index contributed by atoms with van der Waals surface area (Å²) < 4.78 is 0. The Morgan fingerprint density at radius 2 is 1.92 bits per heavy atom. The number of piperidine rings is 1. The molecule has 1 aromatic heterocycles. The molecule has 0 amide bonds. The minimum absolute atomic E-state index is 0.243. The van der Waals surface area contributed by atoms with Gasteiger partial charge in [-0.25, -0.2) is 9.78 Å². The lowest BCUT2D eigenvalue weighted by atomic mass is 9.94. The van der Waals surface area contributed by atoms with Crippen LogP contribution in [0.25, 0.3) is 0 Å². The van der Waals surface area contributed by atoms with Crippen LogP contribution in [0.2, 0.25) is 0 Å². The fourth-order valence-corrected chi connectivity index (χ4v) is 4.08. The Morgan fingerprint density at radius 3 is 2.64 bits per heavy atom. The molecule has 1 N–H and O–H groups in total. The minimum Gasteiger partial charge on any atom is -0.478 e. The van der Waals surface area contributed by atoms with Crippen molar-refractivity contribution in [2.45, 2.75) is 25.4 Å². The first-order valence-electron chi connectivity index (χ1n) is 8.91. The van der Waals surface area contributed by atoms with Gasteiger partial charge in [-0.05, 0) is 36.5 Å². The number of carbonyl (C=O) groups is 1. The van der Waals surface area contributed by atoms with Crippen LogP contribution in [0.3, 0.4) is 0 Å². The lowest BCUT2D eigenvalue weighted by Gasteiger charge is -2.36. The molecule has 5 heteroatoms. The van der Waals surface area contributed by atoms with E-state index >= 15 is 0 Å². The average Bonchev–Trinajstić information content (AvgIpc) is 2.94. The first kappa shape index (κ1) is 16.1. The summed E-state index contributed by atoms with van der Waals surface area (Å²) in [7, 11) is 0. The van der Waals surface area contributed by atoms with Crippen LogP contribution in [0.15, 0.2) is 48.7 Å². The van der Waals surface area contributed by atoms with E-state index in [1.807, 2.05) is 6.07 Å². The van der Waals surface area contributed by atoms with Crippen LogP contribution in [0.4, 0.5) is 5.82 Å². The Morgan fingerprint density at radius 1 is 1.08 bits per heavy atom. The first-order valence-corrected chi connectivity index (χ1v) is 8.91. The third-order valence-corrected chi connectivity index (χ3v) is 5.37. The summed E-state index contributed by atoms with van der Waals surface area (Å²) >= 11 is 0.